The number of aliphatic carboxylic acids is 1. The van der Waals surface area contributed by atoms with E-state index >= 15 is 0 Å². The van der Waals surface area contributed by atoms with Gasteiger partial charge in [-0.05, 0) is 36.1 Å². The van der Waals surface area contributed by atoms with Gasteiger partial charge in [-0.25, -0.2) is 9.78 Å². The first-order valence-electron chi connectivity index (χ1n) is 9.59. The molecule has 0 saturated heterocycles. The minimum atomic E-state index is -1.08. The molecule has 1 aliphatic carbocycles. The van der Waals surface area contributed by atoms with Gasteiger partial charge in [0.1, 0.15) is 5.71 Å². The van der Waals surface area contributed by atoms with E-state index in [0.29, 0.717) is 15.2 Å². The molecule has 0 radical (unpaired) electrons. The van der Waals surface area contributed by atoms with Crippen LogP contribution in [0.15, 0.2) is 47.7 Å². The third-order valence-electron chi connectivity index (χ3n) is 5.32. The van der Waals surface area contributed by atoms with Gasteiger partial charge in [0, 0.05) is 34.0 Å². The molecule has 0 fully saturated rings. The van der Waals surface area contributed by atoms with E-state index in [1.807, 2.05) is 36.5 Å². The number of halogens is 2. The minimum absolute atomic E-state index is 0.00755. The second-order valence-corrected chi connectivity index (χ2v) is 9.06. The number of aryl methyl sites for hydroxylation is 1. The van der Waals surface area contributed by atoms with E-state index in [0.717, 1.165) is 51.0 Å². The zero-order chi connectivity index (χ0) is 21.5. The average Bonchev–Trinajstić information content (AvgIpc) is 3.37. The topological polar surface area (TPSA) is 90.4 Å². The summed E-state index contributed by atoms with van der Waals surface area (Å²) in [7, 11) is 0. The number of nitrogens with one attached hydrogen (secondary N) is 2. The lowest BCUT2D eigenvalue weighted by molar-refractivity contribution is -0.129. The first kappa shape index (κ1) is 20.1. The number of H-pyrrole nitrogens is 1. The fourth-order valence-electron chi connectivity index (χ4n) is 3.81. The summed E-state index contributed by atoms with van der Waals surface area (Å²) in [4.78, 5) is 20.7. The Morgan fingerprint density at radius 2 is 2.06 bits per heavy atom. The molecule has 0 atom stereocenters. The molecule has 1 aliphatic rings. The first-order chi connectivity index (χ1) is 15.0. The Kier molecular flexibility index (Phi) is 5.17. The predicted octanol–water partition coefficient (Wildman–Crippen LogP) is 5.79. The third-order valence-corrected chi connectivity index (χ3v) is 7.18. The normalized spacial score (nSPS) is 13.2. The Bertz CT molecular complexity index is 1360. The largest absolute Gasteiger partial charge is 0.477 e. The van der Waals surface area contributed by atoms with Crippen LogP contribution in [0, 0.1) is 0 Å². The fraction of sp³-hybridized carbons (Fsp3) is 0.136. The number of hydrazone groups is 1. The van der Waals surface area contributed by atoms with Crippen molar-refractivity contribution < 1.29 is 9.90 Å². The molecule has 6 nitrogen and oxygen atoms in total. The van der Waals surface area contributed by atoms with E-state index in [1.165, 1.54) is 11.3 Å². The summed E-state index contributed by atoms with van der Waals surface area (Å²) >= 11 is 14.0. The maximum absolute atomic E-state index is 11.8. The number of carbonyl (C=O) groups is 1. The van der Waals surface area contributed by atoms with Crippen LogP contribution in [-0.4, -0.2) is 26.8 Å². The van der Waals surface area contributed by atoms with Crippen molar-refractivity contribution in [1.82, 2.24) is 9.97 Å². The van der Waals surface area contributed by atoms with Crippen molar-refractivity contribution in [2.24, 2.45) is 5.10 Å². The van der Waals surface area contributed by atoms with E-state index in [4.69, 9.17) is 23.2 Å². The Morgan fingerprint density at radius 3 is 2.90 bits per heavy atom. The van der Waals surface area contributed by atoms with Crippen molar-refractivity contribution in [2.75, 3.05) is 5.43 Å². The van der Waals surface area contributed by atoms with Crippen molar-refractivity contribution in [2.45, 2.75) is 19.3 Å². The van der Waals surface area contributed by atoms with Gasteiger partial charge in [0.15, 0.2) is 0 Å². The molecule has 31 heavy (non-hydrogen) atoms. The lowest BCUT2D eigenvalue weighted by atomic mass is 9.93. The SMILES string of the molecule is O=C(O)/C(Cc1c[nH]c2ccccc12)=N\Nc1nc2c(s1)CCc1c-2ccc(Cl)c1Cl. The number of para-hydroxylation sites is 1. The molecule has 9 heteroatoms. The van der Waals surface area contributed by atoms with Crippen molar-refractivity contribution in [3.8, 4) is 11.3 Å². The second-order valence-electron chi connectivity index (χ2n) is 7.19. The van der Waals surface area contributed by atoms with E-state index in [1.54, 1.807) is 6.07 Å². The van der Waals surface area contributed by atoms with Crippen LogP contribution in [-0.2, 0) is 24.1 Å². The van der Waals surface area contributed by atoms with Crippen molar-refractivity contribution in [1.29, 1.82) is 0 Å². The van der Waals surface area contributed by atoms with Gasteiger partial charge in [-0.3, -0.25) is 5.43 Å². The predicted molar refractivity (Wildman–Crippen MR) is 126 cm³/mol. The number of hydrogen-bond acceptors (Lipinski definition) is 5. The minimum Gasteiger partial charge on any atom is -0.477 e. The van der Waals surface area contributed by atoms with E-state index in [9.17, 15) is 9.90 Å². The van der Waals surface area contributed by atoms with Crippen LogP contribution >= 0.6 is 34.5 Å². The lowest BCUT2D eigenvalue weighted by Crippen LogP contribution is -2.17. The van der Waals surface area contributed by atoms with Crippen LogP contribution in [0.2, 0.25) is 10.0 Å². The molecule has 156 valence electrons. The van der Waals surface area contributed by atoms with E-state index < -0.39 is 5.97 Å². The number of nitrogens with zero attached hydrogens (tertiary/aromatic N) is 2. The molecule has 0 spiro atoms. The molecule has 0 unspecified atom stereocenters. The zero-order valence-electron chi connectivity index (χ0n) is 16.1. The van der Waals surface area contributed by atoms with Crippen molar-refractivity contribution >= 4 is 62.3 Å². The summed E-state index contributed by atoms with van der Waals surface area (Å²) < 4.78 is 0. The summed E-state index contributed by atoms with van der Waals surface area (Å²) in [6.45, 7) is 0. The number of aromatic amines is 1. The molecule has 0 amide bonds. The number of thiazole rings is 1. The summed E-state index contributed by atoms with van der Waals surface area (Å²) in [5.41, 5.74) is 7.48. The highest BCUT2D eigenvalue weighted by molar-refractivity contribution is 7.16. The van der Waals surface area contributed by atoms with Gasteiger partial charge in [-0.1, -0.05) is 58.8 Å². The molecule has 5 rings (SSSR count). The number of fused-ring (bicyclic) bond motifs is 4. The Hall–Kier alpha value is -2.87. The summed E-state index contributed by atoms with van der Waals surface area (Å²) in [5.74, 6) is -1.08. The molecule has 2 heterocycles. The van der Waals surface area contributed by atoms with Crippen LogP contribution in [0.25, 0.3) is 22.2 Å². The van der Waals surface area contributed by atoms with Gasteiger partial charge in [0.2, 0.25) is 5.13 Å². The molecule has 4 aromatic rings. The number of aromatic nitrogens is 2. The van der Waals surface area contributed by atoms with Gasteiger partial charge >= 0.3 is 5.97 Å². The first-order valence-corrected chi connectivity index (χ1v) is 11.2. The number of carboxylic acids is 1. The summed E-state index contributed by atoms with van der Waals surface area (Å²) in [6.07, 6.45) is 3.59. The van der Waals surface area contributed by atoms with Crippen LogP contribution in [0.1, 0.15) is 16.0 Å². The summed E-state index contributed by atoms with van der Waals surface area (Å²) in [5, 5.41) is 16.4. The maximum atomic E-state index is 11.8. The number of rotatable bonds is 5. The molecule has 2 aromatic carbocycles. The highest BCUT2D eigenvalue weighted by Gasteiger charge is 2.24. The second kappa shape index (κ2) is 8.00. The Morgan fingerprint density at radius 1 is 1.23 bits per heavy atom. The van der Waals surface area contributed by atoms with Crippen molar-refractivity contribution in [3.63, 3.8) is 0 Å². The molecular formula is C22H16Cl2N4O2S. The number of carboxylic acid groups (broad SMARTS) is 1. The average molecular weight is 471 g/mol. The monoisotopic (exact) mass is 470 g/mol. The Balaban J connectivity index is 1.42. The van der Waals surface area contributed by atoms with Gasteiger partial charge in [-0.2, -0.15) is 5.10 Å². The smallest absolute Gasteiger partial charge is 0.352 e. The van der Waals surface area contributed by atoms with Crippen molar-refractivity contribution in [3.05, 3.63) is 68.6 Å². The molecule has 0 saturated carbocycles. The molecule has 0 bridgehead atoms. The van der Waals surface area contributed by atoms with Crippen LogP contribution in [0.4, 0.5) is 5.13 Å². The number of anilines is 1. The highest BCUT2D eigenvalue weighted by atomic mass is 35.5. The summed E-state index contributed by atoms with van der Waals surface area (Å²) in [6, 6.07) is 11.5. The van der Waals surface area contributed by atoms with Crippen LogP contribution in [0.3, 0.4) is 0 Å². The quantitative estimate of drug-likeness (QED) is 0.254. The third kappa shape index (κ3) is 3.69. The highest BCUT2D eigenvalue weighted by Crippen LogP contribution is 2.42. The molecular weight excluding hydrogens is 455 g/mol. The lowest BCUT2D eigenvalue weighted by Gasteiger charge is -2.16. The van der Waals surface area contributed by atoms with Gasteiger partial charge in [0.05, 0.1) is 15.7 Å². The fourth-order valence-corrected chi connectivity index (χ4v) is 5.17. The van der Waals surface area contributed by atoms with E-state index in [2.05, 4.69) is 20.5 Å². The van der Waals surface area contributed by atoms with Crippen LogP contribution < -0.4 is 5.43 Å². The van der Waals surface area contributed by atoms with E-state index in [-0.39, 0.29) is 12.1 Å². The van der Waals surface area contributed by atoms with Crippen LogP contribution in [0.5, 0.6) is 0 Å². The molecule has 3 N–H and O–H groups in total. The van der Waals surface area contributed by atoms with Gasteiger partial charge < -0.3 is 10.1 Å². The molecule has 0 aliphatic heterocycles. The number of hydrogen-bond donors (Lipinski definition) is 3. The standard InChI is InChI=1S/C22H16Cl2N4O2S/c23-15-7-5-14-13(19(15)24)6-8-18-20(14)26-22(31-18)28-27-17(21(29)30)9-11-10-25-16-4-2-1-3-12(11)16/h1-5,7,10,25H,6,8-9H2,(H,26,28)(H,29,30)/b27-17-. The van der Waals surface area contributed by atoms with Gasteiger partial charge in [0.25, 0.3) is 0 Å². The van der Waals surface area contributed by atoms with Gasteiger partial charge in [-0.15, -0.1) is 0 Å². The maximum Gasteiger partial charge on any atom is 0.352 e. The Labute approximate surface area is 191 Å². The molecule has 2 aromatic heterocycles. The number of benzene rings is 2. The zero-order valence-corrected chi connectivity index (χ0v) is 18.4.